The van der Waals surface area contributed by atoms with Crippen molar-refractivity contribution in [3.63, 3.8) is 0 Å². The molecule has 2 unspecified atom stereocenters. The Labute approximate surface area is 137 Å². The van der Waals surface area contributed by atoms with Gasteiger partial charge < -0.3 is 10.5 Å². The fourth-order valence-electron chi connectivity index (χ4n) is 1.93. The van der Waals surface area contributed by atoms with Crippen LogP contribution in [0.2, 0.25) is 5.02 Å². The fraction of sp³-hybridized carbons (Fsp3) is 0.333. The van der Waals surface area contributed by atoms with Crippen LogP contribution in [0.4, 0.5) is 0 Å². The van der Waals surface area contributed by atoms with Crippen LogP contribution in [0.5, 0.6) is 5.75 Å². The van der Waals surface area contributed by atoms with E-state index in [1.54, 1.807) is 11.3 Å². The average Bonchev–Trinajstić information content (AvgIpc) is 2.83. The number of aryl methyl sites for hydroxylation is 1. The minimum absolute atomic E-state index is 0.0457. The lowest BCUT2D eigenvalue weighted by Gasteiger charge is -2.24. The van der Waals surface area contributed by atoms with Crippen molar-refractivity contribution in [2.45, 2.75) is 32.4 Å². The molecule has 5 heteroatoms. The monoisotopic (exact) mass is 373 g/mol. The zero-order valence-corrected chi connectivity index (χ0v) is 14.6. The highest BCUT2D eigenvalue weighted by molar-refractivity contribution is 9.11. The molecule has 0 saturated heterocycles. The number of hydrogen-bond donors (Lipinski definition) is 1. The predicted octanol–water partition coefficient (Wildman–Crippen LogP) is 5.33. The van der Waals surface area contributed by atoms with Gasteiger partial charge in [-0.2, -0.15) is 0 Å². The third-order valence-electron chi connectivity index (χ3n) is 3.13. The molecule has 0 aliphatic rings. The van der Waals surface area contributed by atoms with Crippen molar-refractivity contribution in [1.82, 2.24) is 0 Å². The van der Waals surface area contributed by atoms with Crippen molar-refractivity contribution < 1.29 is 4.74 Å². The SMILES string of the molecule is CCC(N)C(Oc1ccc(Cl)cc1C)c1ccc(Br)s1. The molecule has 2 atom stereocenters. The number of nitrogens with two attached hydrogens (primary N) is 1. The van der Waals surface area contributed by atoms with Crippen molar-refractivity contribution >= 4 is 38.9 Å². The number of hydrogen-bond acceptors (Lipinski definition) is 3. The van der Waals surface area contributed by atoms with Crippen LogP contribution < -0.4 is 10.5 Å². The van der Waals surface area contributed by atoms with Crippen LogP contribution in [0.1, 0.15) is 29.9 Å². The number of ether oxygens (including phenoxy) is 1. The summed E-state index contributed by atoms with van der Waals surface area (Å²) in [5.41, 5.74) is 7.24. The van der Waals surface area contributed by atoms with E-state index < -0.39 is 0 Å². The Morgan fingerprint density at radius 3 is 2.65 bits per heavy atom. The van der Waals surface area contributed by atoms with E-state index in [9.17, 15) is 0 Å². The highest BCUT2D eigenvalue weighted by Crippen LogP contribution is 2.34. The van der Waals surface area contributed by atoms with Crippen molar-refractivity contribution in [1.29, 1.82) is 0 Å². The molecule has 2 N–H and O–H groups in total. The van der Waals surface area contributed by atoms with Gasteiger partial charge in [0.1, 0.15) is 11.9 Å². The van der Waals surface area contributed by atoms with Gasteiger partial charge >= 0.3 is 0 Å². The van der Waals surface area contributed by atoms with Gasteiger partial charge in [0.2, 0.25) is 0 Å². The van der Waals surface area contributed by atoms with E-state index in [1.165, 1.54) is 0 Å². The van der Waals surface area contributed by atoms with Crippen LogP contribution in [0.25, 0.3) is 0 Å². The van der Waals surface area contributed by atoms with Crippen LogP contribution >= 0.6 is 38.9 Å². The van der Waals surface area contributed by atoms with E-state index in [0.717, 1.165) is 26.4 Å². The number of benzene rings is 1. The zero-order chi connectivity index (χ0) is 14.7. The predicted molar refractivity (Wildman–Crippen MR) is 89.8 cm³/mol. The summed E-state index contributed by atoms with van der Waals surface area (Å²) in [6.07, 6.45) is 0.712. The molecule has 0 spiro atoms. The molecule has 1 aromatic heterocycles. The summed E-state index contributed by atoms with van der Waals surface area (Å²) >= 11 is 11.1. The molecule has 0 bridgehead atoms. The lowest BCUT2D eigenvalue weighted by molar-refractivity contribution is 0.173. The Kier molecular flexibility index (Phi) is 5.49. The van der Waals surface area contributed by atoms with Gasteiger partial charge in [-0.25, -0.2) is 0 Å². The maximum Gasteiger partial charge on any atom is 0.148 e. The molecular formula is C15H17BrClNOS. The molecule has 1 heterocycles. The fourth-order valence-corrected chi connectivity index (χ4v) is 3.69. The largest absolute Gasteiger partial charge is 0.483 e. The quantitative estimate of drug-likeness (QED) is 0.767. The molecule has 20 heavy (non-hydrogen) atoms. The molecule has 2 rings (SSSR count). The lowest BCUT2D eigenvalue weighted by atomic mass is 10.1. The van der Waals surface area contributed by atoms with Crippen LogP contribution in [0, 0.1) is 6.92 Å². The second-order valence-corrected chi connectivity index (χ2v) is 7.59. The van der Waals surface area contributed by atoms with Gasteiger partial charge in [-0.15, -0.1) is 11.3 Å². The van der Waals surface area contributed by atoms with Gasteiger partial charge in [0.15, 0.2) is 0 Å². The topological polar surface area (TPSA) is 35.2 Å². The first-order valence-corrected chi connectivity index (χ1v) is 8.43. The van der Waals surface area contributed by atoms with E-state index in [4.69, 9.17) is 22.1 Å². The second-order valence-electron chi connectivity index (χ2n) is 4.66. The van der Waals surface area contributed by atoms with E-state index in [2.05, 4.69) is 28.9 Å². The van der Waals surface area contributed by atoms with E-state index >= 15 is 0 Å². The number of halogens is 2. The lowest BCUT2D eigenvalue weighted by Crippen LogP contribution is -2.31. The first-order valence-electron chi connectivity index (χ1n) is 6.45. The van der Waals surface area contributed by atoms with E-state index in [1.807, 2.05) is 31.2 Å². The molecule has 0 radical (unpaired) electrons. The molecule has 0 saturated carbocycles. The molecule has 2 nitrogen and oxygen atoms in total. The minimum Gasteiger partial charge on any atom is -0.483 e. The Bertz CT molecular complexity index is 587. The van der Waals surface area contributed by atoms with E-state index in [-0.39, 0.29) is 12.1 Å². The Balaban J connectivity index is 2.28. The van der Waals surface area contributed by atoms with Crippen molar-refractivity contribution in [3.05, 3.63) is 49.6 Å². The number of thiophene rings is 1. The Morgan fingerprint density at radius 2 is 2.10 bits per heavy atom. The molecule has 0 aliphatic heterocycles. The highest BCUT2D eigenvalue weighted by atomic mass is 79.9. The smallest absolute Gasteiger partial charge is 0.148 e. The molecule has 0 amide bonds. The second kappa shape index (κ2) is 6.94. The standard InChI is InChI=1S/C15H17BrClNOS/c1-3-11(18)15(13-6-7-14(16)20-13)19-12-5-4-10(17)8-9(12)2/h4-8,11,15H,3,18H2,1-2H3. The van der Waals surface area contributed by atoms with Crippen molar-refractivity contribution in [2.75, 3.05) is 0 Å². The minimum atomic E-state index is -0.142. The summed E-state index contributed by atoms with van der Waals surface area (Å²) in [5.74, 6) is 0.827. The first kappa shape index (κ1) is 15.8. The maximum absolute atomic E-state index is 6.23. The van der Waals surface area contributed by atoms with Gasteiger partial charge in [-0.05, 0) is 65.2 Å². The molecular weight excluding hydrogens is 358 g/mol. The Morgan fingerprint density at radius 1 is 1.35 bits per heavy atom. The third-order valence-corrected chi connectivity index (χ3v) is 5.05. The first-order chi connectivity index (χ1) is 9.51. The summed E-state index contributed by atoms with van der Waals surface area (Å²) in [7, 11) is 0. The molecule has 0 fully saturated rings. The van der Waals surface area contributed by atoms with Crippen LogP contribution in [-0.4, -0.2) is 6.04 Å². The number of rotatable bonds is 5. The summed E-state index contributed by atoms with van der Waals surface area (Å²) in [5, 5.41) is 0.713. The summed E-state index contributed by atoms with van der Waals surface area (Å²) in [4.78, 5) is 1.13. The van der Waals surface area contributed by atoms with Gasteiger partial charge in [-0.3, -0.25) is 0 Å². The highest BCUT2D eigenvalue weighted by Gasteiger charge is 2.23. The zero-order valence-electron chi connectivity index (χ0n) is 11.4. The van der Waals surface area contributed by atoms with Crippen LogP contribution in [0.3, 0.4) is 0 Å². The van der Waals surface area contributed by atoms with E-state index in [0.29, 0.717) is 5.02 Å². The Hall–Kier alpha value is -0.550. The van der Waals surface area contributed by atoms with Crippen LogP contribution in [0.15, 0.2) is 34.1 Å². The normalized spacial score (nSPS) is 14.1. The summed E-state index contributed by atoms with van der Waals surface area (Å²) < 4.78 is 7.24. The average molecular weight is 375 g/mol. The molecule has 0 aliphatic carbocycles. The van der Waals surface area contributed by atoms with Gasteiger partial charge in [-0.1, -0.05) is 18.5 Å². The van der Waals surface area contributed by atoms with Gasteiger partial charge in [0.25, 0.3) is 0 Å². The summed E-state index contributed by atoms with van der Waals surface area (Å²) in [6, 6.07) is 9.66. The van der Waals surface area contributed by atoms with Crippen molar-refractivity contribution in [2.24, 2.45) is 5.73 Å². The molecule has 1 aromatic carbocycles. The van der Waals surface area contributed by atoms with Gasteiger partial charge in [0, 0.05) is 15.9 Å². The molecule has 108 valence electrons. The molecule has 2 aromatic rings. The maximum atomic E-state index is 6.23. The third kappa shape index (κ3) is 3.76. The summed E-state index contributed by atoms with van der Waals surface area (Å²) in [6.45, 7) is 4.05. The van der Waals surface area contributed by atoms with Crippen LogP contribution in [-0.2, 0) is 0 Å². The van der Waals surface area contributed by atoms with Gasteiger partial charge in [0.05, 0.1) is 3.79 Å². The van der Waals surface area contributed by atoms with Crippen molar-refractivity contribution in [3.8, 4) is 5.75 Å².